The van der Waals surface area contributed by atoms with Gasteiger partial charge in [0.25, 0.3) is 0 Å². The predicted octanol–water partition coefficient (Wildman–Crippen LogP) is 2.29. The summed E-state index contributed by atoms with van der Waals surface area (Å²) in [5, 5.41) is 18.4. The van der Waals surface area contributed by atoms with Gasteiger partial charge in [-0.1, -0.05) is 6.07 Å². The van der Waals surface area contributed by atoms with Crippen molar-refractivity contribution < 1.29 is 59.3 Å². The quantitative estimate of drug-likeness (QED) is 0.470. The third-order valence-corrected chi connectivity index (χ3v) is 8.64. The van der Waals surface area contributed by atoms with E-state index in [-0.39, 0.29) is 11.7 Å². The maximum absolute atomic E-state index is 12.7. The fourth-order valence-electron chi connectivity index (χ4n) is 4.14. The molecule has 40 heavy (non-hydrogen) atoms. The minimum atomic E-state index is -5.08. The molecule has 2 N–H and O–H groups in total. The lowest BCUT2D eigenvalue weighted by molar-refractivity contribution is -0.193. The second kappa shape index (κ2) is 12.9. The monoisotopic (exact) mass is 604 g/mol. The van der Waals surface area contributed by atoms with Crippen LogP contribution in [0.2, 0.25) is 0 Å². The molecule has 4 rings (SSSR count). The van der Waals surface area contributed by atoms with E-state index in [0.717, 1.165) is 17.7 Å². The molecule has 2 aromatic rings. The number of likely N-dealkylation sites (tertiary alicyclic amines) is 1. The average molecular weight is 605 g/mol. The third kappa shape index (κ3) is 8.88. The van der Waals surface area contributed by atoms with Crippen LogP contribution in [0.5, 0.6) is 0 Å². The molecular weight excluding hydrogens is 578 g/mol. The Kier molecular flexibility index (Phi) is 10.7. The summed E-state index contributed by atoms with van der Waals surface area (Å²) in [4.78, 5) is 24.1. The highest BCUT2D eigenvalue weighted by Gasteiger charge is 2.61. The number of aryl methyl sites for hydroxylation is 1. The van der Waals surface area contributed by atoms with Crippen LogP contribution in [0.15, 0.2) is 36.9 Å². The first-order valence-corrected chi connectivity index (χ1v) is 13.0. The van der Waals surface area contributed by atoms with Gasteiger partial charge in [-0.2, -0.15) is 31.4 Å². The van der Waals surface area contributed by atoms with Crippen molar-refractivity contribution in [2.24, 2.45) is 13.0 Å². The first kappa shape index (κ1) is 33.0. The van der Waals surface area contributed by atoms with Gasteiger partial charge in [-0.25, -0.2) is 18.0 Å². The molecular formula is C22H26F6N4O7S. The standard InChI is InChI=1S/C18H24N4O3S.2C2HF3O2/c1-21-9-16(8-20-21)10-22-13-18(14-22)17(4-6-26(18,23)24)12-25-11-15-3-2-5-19-7-15;2*3-2(4,5)1(6)7/h2-3,5,7-9,17H,4,6,10-14H2,1H3;2*(H,6,7). The van der Waals surface area contributed by atoms with Gasteiger partial charge in [-0.05, 0) is 18.1 Å². The van der Waals surface area contributed by atoms with E-state index in [0.29, 0.717) is 32.7 Å². The Morgan fingerprint density at radius 1 is 1.07 bits per heavy atom. The van der Waals surface area contributed by atoms with Crippen molar-refractivity contribution in [1.29, 1.82) is 0 Å². The summed E-state index contributed by atoms with van der Waals surface area (Å²) >= 11 is 0. The maximum Gasteiger partial charge on any atom is 0.490 e. The summed E-state index contributed by atoms with van der Waals surface area (Å²) in [5.74, 6) is -5.18. The number of carbonyl (C=O) groups is 2. The highest BCUT2D eigenvalue weighted by atomic mass is 32.2. The van der Waals surface area contributed by atoms with E-state index in [9.17, 15) is 34.8 Å². The number of aliphatic carboxylic acids is 2. The van der Waals surface area contributed by atoms with Crippen LogP contribution in [-0.4, -0.2) is 92.8 Å². The molecule has 1 atom stereocenters. The average Bonchev–Trinajstić information content (AvgIpc) is 3.34. The van der Waals surface area contributed by atoms with Gasteiger partial charge in [-0.3, -0.25) is 14.6 Å². The second-order valence-electron chi connectivity index (χ2n) is 9.02. The van der Waals surface area contributed by atoms with Crippen LogP contribution in [0.3, 0.4) is 0 Å². The Hall–Kier alpha value is -3.25. The molecule has 2 aromatic heterocycles. The molecule has 0 bridgehead atoms. The van der Waals surface area contributed by atoms with Crippen molar-refractivity contribution in [3.05, 3.63) is 48.0 Å². The normalized spacial score (nSPS) is 19.5. The van der Waals surface area contributed by atoms with Crippen LogP contribution < -0.4 is 0 Å². The van der Waals surface area contributed by atoms with Crippen molar-refractivity contribution in [3.63, 3.8) is 0 Å². The largest absolute Gasteiger partial charge is 0.490 e. The summed E-state index contributed by atoms with van der Waals surface area (Å²) in [6, 6.07) is 3.84. The van der Waals surface area contributed by atoms with Crippen molar-refractivity contribution in [2.75, 3.05) is 25.4 Å². The fourth-order valence-corrected chi connectivity index (χ4v) is 6.60. The summed E-state index contributed by atoms with van der Waals surface area (Å²) in [6.45, 7) is 2.87. The lowest BCUT2D eigenvalue weighted by atomic mass is 9.83. The molecule has 224 valence electrons. The summed E-state index contributed by atoms with van der Waals surface area (Å²) < 4.78 is 95.9. The lowest BCUT2D eigenvalue weighted by Gasteiger charge is -2.50. The molecule has 0 aromatic carbocycles. The van der Waals surface area contributed by atoms with Crippen LogP contribution in [0.1, 0.15) is 17.5 Å². The summed E-state index contributed by atoms with van der Waals surface area (Å²) in [7, 11) is -1.18. The van der Waals surface area contributed by atoms with Gasteiger partial charge in [0.2, 0.25) is 0 Å². The van der Waals surface area contributed by atoms with Crippen LogP contribution in [0.4, 0.5) is 26.3 Å². The number of alkyl halides is 6. The number of carboxylic acid groups (broad SMARTS) is 2. The second-order valence-corrected chi connectivity index (χ2v) is 11.5. The molecule has 2 fully saturated rings. The smallest absolute Gasteiger partial charge is 0.475 e. The zero-order chi connectivity index (χ0) is 30.4. The molecule has 0 saturated carbocycles. The zero-order valence-electron chi connectivity index (χ0n) is 20.9. The molecule has 2 saturated heterocycles. The molecule has 0 amide bonds. The number of halogens is 6. The van der Waals surface area contributed by atoms with E-state index in [1.54, 1.807) is 17.1 Å². The fraction of sp³-hybridized carbons (Fsp3) is 0.545. The molecule has 11 nitrogen and oxygen atoms in total. The van der Waals surface area contributed by atoms with Gasteiger partial charge in [-0.15, -0.1) is 0 Å². The maximum atomic E-state index is 12.7. The number of pyridine rings is 1. The van der Waals surface area contributed by atoms with Crippen molar-refractivity contribution in [3.8, 4) is 0 Å². The van der Waals surface area contributed by atoms with E-state index < -0.39 is 38.9 Å². The molecule has 1 spiro atoms. The first-order chi connectivity index (χ1) is 18.4. The van der Waals surface area contributed by atoms with Gasteiger partial charge in [0.1, 0.15) is 4.75 Å². The Morgan fingerprint density at radius 3 is 2.10 bits per heavy atom. The number of sulfone groups is 1. The third-order valence-electron chi connectivity index (χ3n) is 6.04. The highest BCUT2D eigenvalue weighted by Crippen LogP contribution is 2.45. The number of carboxylic acids is 2. The van der Waals surface area contributed by atoms with E-state index in [1.165, 1.54) is 0 Å². The minimum Gasteiger partial charge on any atom is -0.475 e. The zero-order valence-corrected chi connectivity index (χ0v) is 21.7. The molecule has 2 aliphatic heterocycles. The summed E-state index contributed by atoms with van der Waals surface area (Å²) in [5.41, 5.74) is 2.12. The van der Waals surface area contributed by atoms with Gasteiger partial charge in [0.15, 0.2) is 9.84 Å². The number of hydrogen-bond acceptors (Lipinski definition) is 8. The molecule has 2 aliphatic rings. The van der Waals surface area contributed by atoms with Gasteiger partial charge < -0.3 is 14.9 Å². The topological polar surface area (TPSA) is 152 Å². The molecule has 1 unspecified atom stereocenters. The van der Waals surface area contributed by atoms with E-state index in [1.807, 2.05) is 31.6 Å². The van der Waals surface area contributed by atoms with E-state index in [4.69, 9.17) is 24.5 Å². The Labute approximate surface area is 224 Å². The highest BCUT2D eigenvalue weighted by molar-refractivity contribution is 7.93. The molecule has 4 heterocycles. The van der Waals surface area contributed by atoms with Crippen molar-refractivity contribution in [2.45, 2.75) is 36.7 Å². The molecule has 0 aliphatic carbocycles. The van der Waals surface area contributed by atoms with Crippen LogP contribution >= 0.6 is 0 Å². The molecule has 18 heteroatoms. The van der Waals surface area contributed by atoms with E-state index >= 15 is 0 Å². The van der Waals surface area contributed by atoms with Crippen LogP contribution in [0, 0.1) is 5.92 Å². The summed E-state index contributed by atoms with van der Waals surface area (Å²) in [6.07, 6.45) is -2.16. The Morgan fingerprint density at radius 2 is 1.65 bits per heavy atom. The Bertz CT molecular complexity index is 1220. The lowest BCUT2D eigenvalue weighted by Crippen LogP contribution is -2.67. The Balaban J connectivity index is 0.000000333. The van der Waals surface area contributed by atoms with Gasteiger partial charge >= 0.3 is 24.3 Å². The van der Waals surface area contributed by atoms with Crippen molar-refractivity contribution in [1.82, 2.24) is 19.7 Å². The number of aromatic nitrogens is 3. The minimum absolute atomic E-state index is 0.0642. The van der Waals surface area contributed by atoms with Crippen molar-refractivity contribution >= 4 is 21.8 Å². The SMILES string of the molecule is Cn1cc(CN2CC3(C2)C(COCc2cccnc2)CCS3(=O)=O)cn1.O=C(O)C(F)(F)F.O=C(O)C(F)(F)F. The van der Waals surface area contributed by atoms with Gasteiger partial charge in [0, 0.05) is 56.8 Å². The number of ether oxygens (including phenoxy) is 1. The van der Waals surface area contributed by atoms with E-state index in [2.05, 4.69) is 15.0 Å². The first-order valence-electron chi connectivity index (χ1n) is 11.4. The van der Waals surface area contributed by atoms with Crippen LogP contribution in [-0.2, 0) is 44.4 Å². The number of nitrogens with zero attached hydrogens (tertiary/aromatic N) is 4. The van der Waals surface area contributed by atoms with Gasteiger partial charge in [0.05, 0.1) is 25.2 Å². The number of rotatable bonds is 6. The number of hydrogen-bond donors (Lipinski definition) is 2. The molecule has 0 radical (unpaired) electrons. The predicted molar refractivity (Wildman–Crippen MR) is 124 cm³/mol. The van der Waals surface area contributed by atoms with Crippen LogP contribution in [0.25, 0.3) is 0 Å².